The van der Waals surface area contributed by atoms with Crippen LogP contribution in [0.5, 0.6) is 0 Å². The summed E-state index contributed by atoms with van der Waals surface area (Å²) >= 11 is 0. The Kier molecular flexibility index (Phi) is 3.27. The van der Waals surface area contributed by atoms with Crippen molar-refractivity contribution in [2.24, 2.45) is 11.1 Å². The zero-order valence-corrected chi connectivity index (χ0v) is 11.2. The summed E-state index contributed by atoms with van der Waals surface area (Å²) in [5, 5.41) is 0. The normalized spacial score (nSPS) is 28.8. The molecule has 0 aromatic carbocycles. The first-order chi connectivity index (χ1) is 7.98. The van der Waals surface area contributed by atoms with E-state index in [9.17, 15) is 0 Å². The number of aromatic nitrogens is 2. The molecule has 17 heavy (non-hydrogen) atoms. The summed E-state index contributed by atoms with van der Waals surface area (Å²) in [5.74, 6) is 0. The summed E-state index contributed by atoms with van der Waals surface area (Å²) in [5.41, 5.74) is 7.23. The topological polar surface area (TPSA) is 53.1 Å². The molecule has 1 aliphatic rings. The zero-order valence-electron chi connectivity index (χ0n) is 11.2. The minimum atomic E-state index is 0.0273. The molecule has 0 radical (unpaired) electrons. The first-order valence-corrected chi connectivity index (χ1v) is 6.37. The first kappa shape index (κ1) is 12.6. The van der Waals surface area contributed by atoms with E-state index in [2.05, 4.69) is 23.4 Å². The molecule has 4 heteroatoms. The van der Waals surface area contributed by atoms with Crippen LogP contribution in [-0.4, -0.2) is 22.3 Å². The predicted octanol–water partition coefficient (Wildman–Crippen LogP) is 2.28. The molecule has 2 N–H and O–H groups in total. The van der Waals surface area contributed by atoms with Crippen LogP contribution in [-0.2, 0) is 4.74 Å². The van der Waals surface area contributed by atoms with Crippen LogP contribution in [0.15, 0.2) is 12.5 Å². The van der Waals surface area contributed by atoms with Crippen LogP contribution < -0.4 is 5.73 Å². The maximum atomic E-state index is 5.97. The van der Waals surface area contributed by atoms with Crippen molar-refractivity contribution in [1.82, 2.24) is 9.55 Å². The van der Waals surface area contributed by atoms with Gasteiger partial charge in [0.05, 0.1) is 18.1 Å². The number of nitrogens with two attached hydrogens (primary N) is 1. The molecule has 1 aromatic heterocycles. The van der Waals surface area contributed by atoms with Gasteiger partial charge in [-0.25, -0.2) is 4.98 Å². The molecule has 2 rings (SSSR count). The molecule has 1 fully saturated rings. The van der Waals surface area contributed by atoms with Crippen molar-refractivity contribution in [1.29, 1.82) is 0 Å². The molecule has 2 unspecified atom stereocenters. The summed E-state index contributed by atoms with van der Waals surface area (Å²) in [6.45, 7) is 9.34. The van der Waals surface area contributed by atoms with E-state index < -0.39 is 0 Å². The van der Waals surface area contributed by atoms with E-state index in [-0.39, 0.29) is 11.5 Å². The Morgan fingerprint density at radius 2 is 2.35 bits per heavy atom. The van der Waals surface area contributed by atoms with Gasteiger partial charge in [0.1, 0.15) is 0 Å². The Morgan fingerprint density at radius 1 is 1.65 bits per heavy atom. The maximum absolute atomic E-state index is 5.97. The van der Waals surface area contributed by atoms with Crippen LogP contribution in [0, 0.1) is 5.41 Å². The fourth-order valence-corrected chi connectivity index (χ4v) is 2.75. The fourth-order valence-electron chi connectivity index (χ4n) is 2.75. The van der Waals surface area contributed by atoms with Gasteiger partial charge < -0.3 is 15.0 Å². The number of nitrogens with zero attached hydrogens (tertiary/aromatic N) is 2. The number of rotatable bonds is 4. The lowest BCUT2D eigenvalue weighted by Gasteiger charge is -2.52. The van der Waals surface area contributed by atoms with E-state index in [0.29, 0.717) is 12.1 Å². The van der Waals surface area contributed by atoms with E-state index in [0.717, 1.165) is 18.7 Å². The molecule has 0 aliphatic heterocycles. The third-order valence-corrected chi connectivity index (χ3v) is 3.99. The Labute approximate surface area is 103 Å². The predicted molar refractivity (Wildman–Crippen MR) is 67.7 cm³/mol. The van der Waals surface area contributed by atoms with E-state index in [4.69, 9.17) is 10.5 Å². The Hall–Kier alpha value is -0.870. The molecule has 0 saturated heterocycles. The van der Waals surface area contributed by atoms with Gasteiger partial charge in [0.25, 0.3) is 0 Å². The van der Waals surface area contributed by atoms with Crippen molar-refractivity contribution >= 4 is 0 Å². The van der Waals surface area contributed by atoms with Gasteiger partial charge in [-0.1, -0.05) is 13.8 Å². The second-order valence-electron chi connectivity index (χ2n) is 5.53. The van der Waals surface area contributed by atoms with Gasteiger partial charge >= 0.3 is 0 Å². The van der Waals surface area contributed by atoms with E-state index in [1.807, 2.05) is 26.4 Å². The highest BCUT2D eigenvalue weighted by Crippen LogP contribution is 2.51. The summed E-state index contributed by atoms with van der Waals surface area (Å²) in [7, 11) is 0. The Balaban J connectivity index is 2.17. The van der Waals surface area contributed by atoms with Crippen molar-refractivity contribution in [3.63, 3.8) is 0 Å². The summed E-state index contributed by atoms with van der Waals surface area (Å²) < 4.78 is 7.98. The van der Waals surface area contributed by atoms with Gasteiger partial charge in [-0.2, -0.15) is 0 Å². The molecule has 96 valence electrons. The van der Waals surface area contributed by atoms with Gasteiger partial charge in [-0.05, 0) is 20.3 Å². The van der Waals surface area contributed by atoms with E-state index >= 15 is 0 Å². The van der Waals surface area contributed by atoms with Crippen LogP contribution in [0.2, 0.25) is 0 Å². The van der Waals surface area contributed by atoms with Crippen LogP contribution in [0.3, 0.4) is 0 Å². The molecule has 0 spiro atoms. The summed E-state index contributed by atoms with van der Waals surface area (Å²) in [6, 6.07) is 0.474. The zero-order chi connectivity index (χ0) is 12.6. The molecule has 0 bridgehead atoms. The maximum Gasteiger partial charge on any atom is 0.0951 e. The second-order valence-corrected chi connectivity index (χ2v) is 5.53. The van der Waals surface area contributed by atoms with Crippen molar-refractivity contribution in [2.45, 2.75) is 52.3 Å². The Morgan fingerprint density at radius 3 is 2.88 bits per heavy atom. The lowest BCUT2D eigenvalue weighted by molar-refractivity contribution is -0.128. The molecule has 3 atom stereocenters. The fraction of sp³-hybridized carbons (Fsp3) is 0.769. The molecule has 1 saturated carbocycles. The summed E-state index contributed by atoms with van der Waals surface area (Å²) in [6.07, 6.45) is 5.17. The third kappa shape index (κ3) is 2.00. The van der Waals surface area contributed by atoms with Crippen LogP contribution in [0.4, 0.5) is 0 Å². The van der Waals surface area contributed by atoms with E-state index in [1.54, 1.807) is 0 Å². The standard InChI is InChI=1S/C13H23N3O/c1-5-17-12-6-11(13(12,3)4)16-8-15-7-10(16)9(2)14/h7-9,11-12H,5-6,14H2,1-4H3/t9-,11?,12?/m1/s1. The smallest absolute Gasteiger partial charge is 0.0951 e. The minimum absolute atomic E-state index is 0.0273. The van der Waals surface area contributed by atoms with Gasteiger partial charge in [-0.3, -0.25) is 0 Å². The summed E-state index contributed by atoms with van der Waals surface area (Å²) in [4.78, 5) is 4.23. The lowest BCUT2D eigenvalue weighted by Crippen LogP contribution is -2.51. The monoisotopic (exact) mass is 237 g/mol. The van der Waals surface area contributed by atoms with Crippen molar-refractivity contribution in [2.75, 3.05) is 6.61 Å². The van der Waals surface area contributed by atoms with Gasteiger partial charge in [0, 0.05) is 30.3 Å². The molecular weight excluding hydrogens is 214 g/mol. The molecule has 1 aliphatic carbocycles. The van der Waals surface area contributed by atoms with Crippen molar-refractivity contribution in [3.8, 4) is 0 Å². The number of hydrogen-bond donors (Lipinski definition) is 1. The van der Waals surface area contributed by atoms with Gasteiger partial charge in [0.15, 0.2) is 0 Å². The van der Waals surface area contributed by atoms with Gasteiger partial charge in [0.2, 0.25) is 0 Å². The van der Waals surface area contributed by atoms with Gasteiger partial charge in [-0.15, -0.1) is 0 Å². The third-order valence-electron chi connectivity index (χ3n) is 3.99. The van der Waals surface area contributed by atoms with Crippen LogP contribution in [0.25, 0.3) is 0 Å². The van der Waals surface area contributed by atoms with Crippen LogP contribution in [0.1, 0.15) is 51.9 Å². The highest BCUT2D eigenvalue weighted by atomic mass is 16.5. The average molecular weight is 237 g/mol. The van der Waals surface area contributed by atoms with Crippen molar-refractivity contribution < 1.29 is 4.74 Å². The van der Waals surface area contributed by atoms with E-state index in [1.165, 1.54) is 0 Å². The Bertz CT molecular complexity index is 384. The van der Waals surface area contributed by atoms with Crippen LogP contribution >= 0.6 is 0 Å². The largest absolute Gasteiger partial charge is 0.378 e. The molecular formula is C13H23N3O. The molecule has 1 aromatic rings. The quantitative estimate of drug-likeness (QED) is 0.874. The molecule has 4 nitrogen and oxygen atoms in total. The first-order valence-electron chi connectivity index (χ1n) is 6.37. The molecule has 1 heterocycles. The minimum Gasteiger partial charge on any atom is -0.378 e. The molecule has 0 amide bonds. The lowest BCUT2D eigenvalue weighted by atomic mass is 9.64. The van der Waals surface area contributed by atoms with Crippen molar-refractivity contribution in [3.05, 3.63) is 18.2 Å². The highest BCUT2D eigenvalue weighted by Gasteiger charge is 2.50. The second kappa shape index (κ2) is 4.42. The highest BCUT2D eigenvalue weighted by molar-refractivity contribution is 5.11. The average Bonchev–Trinajstić information content (AvgIpc) is 2.72. The number of imidazole rings is 1. The SMILES string of the molecule is CCOC1CC(n2cncc2[C@@H](C)N)C1(C)C. The number of ether oxygens (including phenoxy) is 1. The number of hydrogen-bond acceptors (Lipinski definition) is 3.